The van der Waals surface area contributed by atoms with Crippen molar-refractivity contribution >= 4 is 21.9 Å². The Hall–Kier alpha value is -2.56. The fourth-order valence-electron chi connectivity index (χ4n) is 4.63. The largest absolute Gasteiger partial charge is 0.351 e. The van der Waals surface area contributed by atoms with Gasteiger partial charge in [0.1, 0.15) is 11.6 Å². The molecule has 0 spiro atoms. The van der Waals surface area contributed by atoms with E-state index >= 15 is 0 Å². The Balaban J connectivity index is 1.75. The number of pyridine rings is 1. The summed E-state index contributed by atoms with van der Waals surface area (Å²) in [6.45, 7) is 9.14. The van der Waals surface area contributed by atoms with Crippen LogP contribution in [0, 0.1) is 18.7 Å². The number of nitrogens with one attached hydrogen (secondary N) is 1. The Morgan fingerprint density at radius 1 is 1.21 bits per heavy atom. The van der Waals surface area contributed by atoms with Gasteiger partial charge in [-0.25, -0.2) is 14.1 Å². The summed E-state index contributed by atoms with van der Waals surface area (Å²) in [5.74, 6) is -0.510. The molecule has 3 heterocycles. The number of carbonyl (C=O) groups excluding carboxylic acids is 1. The second-order valence-corrected chi connectivity index (χ2v) is 11.6. The van der Waals surface area contributed by atoms with Crippen molar-refractivity contribution in [3.8, 4) is 11.3 Å². The topological polar surface area (TPSA) is 109 Å². The van der Waals surface area contributed by atoms with Gasteiger partial charge in [-0.1, -0.05) is 13.0 Å². The molecule has 0 saturated carbocycles. The van der Waals surface area contributed by atoms with E-state index < -0.39 is 21.9 Å². The van der Waals surface area contributed by atoms with Crippen LogP contribution in [-0.4, -0.2) is 54.8 Å². The summed E-state index contributed by atoms with van der Waals surface area (Å²) < 4.78 is 43.7. The van der Waals surface area contributed by atoms with Crippen LogP contribution in [0.25, 0.3) is 11.3 Å². The number of halogens is 1. The van der Waals surface area contributed by atoms with E-state index in [0.29, 0.717) is 36.0 Å². The smallest absolute Gasteiger partial charge is 0.304 e. The lowest BCUT2D eigenvalue weighted by atomic mass is 9.90. The molecule has 2 aliphatic heterocycles. The fraction of sp³-hybridized carbons (Fsp3) is 0.500. The average molecular weight is 490 g/mol. The SMILES string of the molecule is Cc1ccc(-c2ccc(C(=O)NS(=O)(=O)N3CC[C@H](N)C3)c(N3CCC(C)C3(C)C)n2)c(F)c1. The summed E-state index contributed by atoms with van der Waals surface area (Å²) in [4.78, 5) is 20.0. The number of amides is 1. The normalized spacial score (nSPS) is 22.8. The predicted octanol–water partition coefficient (Wildman–Crippen LogP) is 2.83. The molecule has 3 N–H and O–H groups in total. The highest BCUT2D eigenvalue weighted by Crippen LogP contribution is 2.39. The zero-order valence-electron chi connectivity index (χ0n) is 20.0. The number of anilines is 1. The van der Waals surface area contributed by atoms with Crippen LogP contribution < -0.4 is 15.4 Å². The third kappa shape index (κ3) is 4.54. The van der Waals surface area contributed by atoms with E-state index in [1.54, 1.807) is 25.1 Å². The maximum absolute atomic E-state index is 14.7. The number of nitrogens with two attached hydrogens (primary N) is 1. The second kappa shape index (κ2) is 8.90. The van der Waals surface area contributed by atoms with Crippen LogP contribution in [-0.2, 0) is 10.2 Å². The number of rotatable bonds is 5. The predicted molar refractivity (Wildman–Crippen MR) is 130 cm³/mol. The zero-order valence-corrected chi connectivity index (χ0v) is 20.8. The molecule has 184 valence electrons. The van der Waals surface area contributed by atoms with E-state index in [1.807, 2.05) is 4.90 Å². The minimum absolute atomic E-state index is 0.130. The van der Waals surface area contributed by atoms with Gasteiger partial charge in [0, 0.05) is 36.8 Å². The molecule has 2 saturated heterocycles. The first-order chi connectivity index (χ1) is 15.9. The molecule has 2 fully saturated rings. The van der Waals surface area contributed by atoms with Gasteiger partial charge in [-0.3, -0.25) is 4.79 Å². The Labute approximate surface area is 200 Å². The first-order valence-electron chi connectivity index (χ1n) is 11.5. The quantitative estimate of drug-likeness (QED) is 0.669. The van der Waals surface area contributed by atoms with Crippen molar-refractivity contribution < 1.29 is 17.6 Å². The lowest BCUT2D eigenvalue weighted by Crippen LogP contribution is -2.45. The molecule has 2 atom stereocenters. The average Bonchev–Trinajstić information content (AvgIpc) is 3.31. The third-order valence-electron chi connectivity index (χ3n) is 7.21. The maximum Gasteiger partial charge on any atom is 0.304 e. The van der Waals surface area contributed by atoms with E-state index in [1.165, 1.54) is 16.4 Å². The van der Waals surface area contributed by atoms with Crippen molar-refractivity contribution in [2.24, 2.45) is 11.7 Å². The van der Waals surface area contributed by atoms with Crippen LogP contribution in [0.4, 0.5) is 10.2 Å². The Morgan fingerprint density at radius 3 is 2.53 bits per heavy atom. The van der Waals surface area contributed by atoms with Gasteiger partial charge in [-0.15, -0.1) is 0 Å². The van der Waals surface area contributed by atoms with E-state index in [4.69, 9.17) is 10.7 Å². The van der Waals surface area contributed by atoms with Crippen LogP contribution in [0.3, 0.4) is 0 Å². The van der Waals surface area contributed by atoms with Gasteiger partial charge in [-0.2, -0.15) is 12.7 Å². The monoisotopic (exact) mass is 489 g/mol. The molecule has 0 radical (unpaired) electrons. The molecule has 10 heteroatoms. The number of hydrogen-bond acceptors (Lipinski definition) is 6. The van der Waals surface area contributed by atoms with Gasteiger partial charge in [0.2, 0.25) is 0 Å². The maximum atomic E-state index is 14.7. The molecule has 34 heavy (non-hydrogen) atoms. The molecular weight excluding hydrogens is 457 g/mol. The van der Waals surface area contributed by atoms with Crippen molar-refractivity contribution in [3.63, 3.8) is 0 Å². The van der Waals surface area contributed by atoms with Gasteiger partial charge in [-0.05, 0) is 69.4 Å². The Morgan fingerprint density at radius 2 is 1.94 bits per heavy atom. The minimum atomic E-state index is -4.05. The summed E-state index contributed by atoms with van der Waals surface area (Å²) in [6, 6.07) is 7.73. The van der Waals surface area contributed by atoms with Crippen molar-refractivity contribution in [2.45, 2.75) is 52.1 Å². The van der Waals surface area contributed by atoms with E-state index in [2.05, 4.69) is 25.5 Å². The molecular formula is C24H32FN5O3S. The number of hydrogen-bond donors (Lipinski definition) is 2. The number of carbonyl (C=O) groups is 1. The summed E-state index contributed by atoms with van der Waals surface area (Å²) in [6.07, 6.45) is 1.43. The summed E-state index contributed by atoms with van der Waals surface area (Å²) in [7, 11) is -4.05. The lowest BCUT2D eigenvalue weighted by molar-refractivity contribution is 0.0979. The highest BCUT2D eigenvalue weighted by molar-refractivity contribution is 7.87. The molecule has 1 amide bonds. The first-order valence-corrected chi connectivity index (χ1v) is 13.0. The molecule has 1 unspecified atom stereocenters. The second-order valence-electron chi connectivity index (χ2n) is 9.89. The highest BCUT2D eigenvalue weighted by atomic mass is 32.2. The number of aryl methyl sites for hydroxylation is 1. The molecule has 2 aliphatic rings. The minimum Gasteiger partial charge on any atom is -0.351 e. The molecule has 1 aromatic heterocycles. The molecule has 0 aliphatic carbocycles. The van der Waals surface area contributed by atoms with E-state index in [9.17, 15) is 17.6 Å². The standard InChI is InChI=1S/C24H32FN5O3S/c1-15-5-6-18(20(25)13-15)21-8-7-19(22(27-21)30-12-9-16(2)24(30,3)4)23(31)28-34(32,33)29-11-10-17(26)14-29/h5-8,13,16-17H,9-12,14,26H2,1-4H3,(H,28,31)/t16?,17-/m0/s1. The number of benzene rings is 1. The molecule has 0 bridgehead atoms. The summed E-state index contributed by atoms with van der Waals surface area (Å²) in [5, 5.41) is 0. The van der Waals surface area contributed by atoms with Crippen molar-refractivity contribution in [3.05, 3.63) is 47.3 Å². The number of aromatic nitrogens is 1. The highest BCUT2D eigenvalue weighted by Gasteiger charge is 2.41. The van der Waals surface area contributed by atoms with E-state index in [0.717, 1.165) is 12.0 Å². The summed E-state index contributed by atoms with van der Waals surface area (Å²) in [5.41, 5.74) is 7.14. The zero-order chi connectivity index (χ0) is 24.8. The fourth-order valence-corrected chi connectivity index (χ4v) is 5.83. The van der Waals surface area contributed by atoms with Gasteiger partial charge < -0.3 is 10.6 Å². The molecule has 8 nitrogen and oxygen atoms in total. The third-order valence-corrected chi connectivity index (χ3v) is 8.67. The van der Waals surface area contributed by atoms with Crippen LogP contribution in [0.1, 0.15) is 49.5 Å². The van der Waals surface area contributed by atoms with Gasteiger partial charge in [0.25, 0.3) is 5.91 Å². The Kier molecular flexibility index (Phi) is 6.43. The van der Waals surface area contributed by atoms with Crippen LogP contribution in [0.5, 0.6) is 0 Å². The van der Waals surface area contributed by atoms with Crippen LogP contribution in [0.2, 0.25) is 0 Å². The first kappa shape index (κ1) is 24.6. The van der Waals surface area contributed by atoms with Crippen molar-refractivity contribution in [1.29, 1.82) is 0 Å². The molecule has 1 aromatic carbocycles. The molecule has 4 rings (SSSR count). The van der Waals surface area contributed by atoms with Crippen molar-refractivity contribution in [2.75, 3.05) is 24.5 Å². The molecule has 2 aromatic rings. The number of nitrogens with zero attached hydrogens (tertiary/aromatic N) is 3. The van der Waals surface area contributed by atoms with Crippen molar-refractivity contribution in [1.82, 2.24) is 14.0 Å². The van der Waals surface area contributed by atoms with E-state index in [-0.39, 0.29) is 30.2 Å². The van der Waals surface area contributed by atoms with Gasteiger partial charge in [0.05, 0.1) is 11.3 Å². The van der Waals surface area contributed by atoms with Crippen LogP contribution >= 0.6 is 0 Å². The van der Waals surface area contributed by atoms with Crippen LogP contribution in [0.15, 0.2) is 30.3 Å². The van der Waals surface area contributed by atoms with Gasteiger partial charge in [0.15, 0.2) is 0 Å². The van der Waals surface area contributed by atoms with Gasteiger partial charge >= 0.3 is 10.2 Å². The lowest BCUT2D eigenvalue weighted by Gasteiger charge is -2.36. The summed E-state index contributed by atoms with van der Waals surface area (Å²) >= 11 is 0. The Bertz CT molecular complexity index is 1220.